The van der Waals surface area contributed by atoms with Gasteiger partial charge in [-0.1, -0.05) is 0 Å². The van der Waals surface area contributed by atoms with Gasteiger partial charge in [0.25, 0.3) is 0 Å². The summed E-state index contributed by atoms with van der Waals surface area (Å²) in [6, 6.07) is -0.429. The Morgan fingerprint density at radius 2 is 2.40 bits per heavy atom. The molecular weight excluding hydrogens is 132 g/mol. The van der Waals surface area contributed by atoms with E-state index < -0.39 is 11.9 Å². The fourth-order valence-corrected chi connectivity index (χ4v) is 0.989. The van der Waals surface area contributed by atoms with Gasteiger partial charge in [-0.05, 0) is 0 Å². The molecule has 0 aromatic rings. The average Bonchev–Trinajstić information content (AvgIpc) is 1.88. The summed E-state index contributed by atoms with van der Waals surface area (Å²) in [5.74, 6) is -0.324. The molecule has 0 saturated carbocycles. The van der Waals surface area contributed by atoms with E-state index in [1.807, 2.05) is 0 Å². The van der Waals surface area contributed by atoms with Crippen molar-refractivity contribution in [3.63, 3.8) is 0 Å². The van der Waals surface area contributed by atoms with Gasteiger partial charge in [-0.25, -0.2) is 0 Å². The SMILES string of the molecule is NC(=O)C1CC(=O)CCN1. The molecule has 0 bridgehead atoms. The second-order valence-electron chi connectivity index (χ2n) is 2.40. The molecule has 4 heteroatoms. The van der Waals surface area contributed by atoms with Crippen molar-refractivity contribution < 1.29 is 9.59 Å². The van der Waals surface area contributed by atoms with Gasteiger partial charge in [-0.15, -0.1) is 0 Å². The molecule has 1 rings (SSSR count). The number of hydrogen-bond donors (Lipinski definition) is 2. The van der Waals surface area contributed by atoms with Crippen molar-refractivity contribution in [2.75, 3.05) is 6.54 Å². The van der Waals surface area contributed by atoms with E-state index >= 15 is 0 Å². The van der Waals surface area contributed by atoms with Gasteiger partial charge in [0, 0.05) is 19.4 Å². The van der Waals surface area contributed by atoms with Crippen LogP contribution in [0, 0.1) is 0 Å². The van der Waals surface area contributed by atoms with E-state index in [4.69, 9.17) is 5.73 Å². The normalized spacial score (nSPS) is 26.4. The molecule has 1 heterocycles. The van der Waals surface area contributed by atoms with Crippen LogP contribution in [0.5, 0.6) is 0 Å². The number of Topliss-reactive ketones (excluding diaryl/α,β-unsaturated/α-hetero) is 1. The van der Waals surface area contributed by atoms with E-state index in [0.717, 1.165) is 0 Å². The smallest absolute Gasteiger partial charge is 0.235 e. The molecule has 0 spiro atoms. The summed E-state index contributed by atoms with van der Waals surface area (Å²) in [6.45, 7) is 0.576. The van der Waals surface area contributed by atoms with E-state index in [1.54, 1.807) is 0 Å². The molecule has 1 aliphatic rings. The minimum absolute atomic E-state index is 0.113. The predicted molar refractivity (Wildman–Crippen MR) is 35.2 cm³/mol. The highest BCUT2D eigenvalue weighted by molar-refractivity contribution is 5.89. The van der Waals surface area contributed by atoms with Crippen molar-refractivity contribution >= 4 is 11.7 Å². The molecule has 0 aliphatic carbocycles. The highest BCUT2D eigenvalue weighted by atomic mass is 16.1. The molecule has 56 valence electrons. The maximum atomic E-state index is 10.7. The Morgan fingerprint density at radius 1 is 1.70 bits per heavy atom. The molecule has 1 fully saturated rings. The number of carbonyl (C=O) groups excluding carboxylic acids is 2. The fourth-order valence-electron chi connectivity index (χ4n) is 0.989. The van der Waals surface area contributed by atoms with E-state index in [-0.39, 0.29) is 12.2 Å². The van der Waals surface area contributed by atoms with E-state index in [2.05, 4.69) is 5.32 Å². The third-order valence-electron chi connectivity index (χ3n) is 1.57. The molecule has 1 unspecified atom stereocenters. The molecule has 4 nitrogen and oxygen atoms in total. The Kier molecular flexibility index (Phi) is 2.01. The van der Waals surface area contributed by atoms with E-state index in [9.17, 15) is 9.59 Å². The summed E-state index contributed by atoms with van der Waals surface area (Å²) in [5, 5.41) is 2.85. The average molecular weight is 142 g/mol. The summed E-state index contributed by atoms with van der Waals surface area (Å²) >= 11 is 0. The first-order chi connectivity index (χ1) is 4.70. The molecule has 0 radical (unpaired) electrons. The van der Waals surface area contributed by atoms with Crippen molar-refractivity contribution in [1.29, 1.82) is 0 Å². The van der Waals surface area contributed by atoms with Gasteiger partial charge in [-0.2, -0.15) is 0 Å². The summed E-state index contributed by atoms with van der Waals surface area (Å²) in [6.07, 6.45) is 0.777. The standard InChI is InChI=1S/C6H10N2O2/c7-6(10)5-3-4(9)1-2-8-5/h5,8H,1-3H2,(H2,7,10). The first-order valence-electron chi connectivity index (χ1n) is 3.24. The van der Waals surface area contributed by atoms with Crippen LogP contribution in [0.1, 0.15) is 12.8 Å². The second kappa shape index (κ2) is 2.79. The minimum Gasteiger partial charge on any atom is -0.368 e. The van der Waals surface area contributed by atoms with Crippen molar-refractivity contribution in [1.82, 2.24) is 5.32 Å². The van der Waals surface area contributed by atoms with E-state index in [1.165, 1.54) is 0 Å². The van der Waals surface area contributed by atoms with Crippen LogP contribution in [0.2, 0.25) is 0 Å². The quantitative estimate of drug-likeness (QED) is 0.482. The number of hydrogen-bond acceptors (Lipinski definition) is 3. The van der Waals surface area contributed by atoms with Gasteiger partial charge >= 0.3 is 0 Å². The summed E-state index contributed by atoms with van der Waals surface area (Å²) in [4.78, 5) is 21.2. The number of rotatable bonds is 1. The molecule has 0 aromatic carbocycles. The predicted octanol–water partition coefficient (Wildman–Crippen LogP) is -1.21. The Bertz CT molecular complexity index is 165. The van der Waals surface area contributed by atoms with Crippen LogP contribution in [0.3, 0.4) is 0 Å². The van der Waals surface area contributed by atoms with Crippen LogP contribution in [0.15, 0.2) is 0 Å². The van der Waals surface area contributed by atoms with Crippen molar-refractivity contribution in [2.45, 2.75) is 18.9 Å². The molecule has 10 heavy (non-hydrogen) atoms. The fraction of sp³-hybridized carbons (Fsp3) is 0.667. The lowest BCUT2D eigenvalue weighted by Gasteiger charge is -2.18. The van der Waals surface area contributed by atoms with Crippen LogP contribution in [0.4, 0.5) is 0 Å². The van der Waals surface area contributed by atoms with Gasteiger partial charge in [0.15, 0.2) is 0 Å². The Hall–Kier alpha value is -0.900. The summed E-state index contributed by atoms with van der Waals surface area (Å²) in [7, 11) is 0. The van der Waals surface area contributed by atoms with Gasteiger partial charge < -0.3 is 11.1 Å². The molecule has 1 amide bonds. The summed E-state index contributed by atoms with van der Waals surface area (Å²) < 4.78 is 0. The Labute approximate surface area is 58.8 Å². The maximum absolute atomic E-state index is 10.7. The van der Waals surface area contributed by atoms with Crippen LogP contribution in [0.25, 0.3) is 0 Å². The number of nitrogens with two attached hydrogens (primary N) is 1. The minimum atomic E-state index is -0.437. The van der Waals surface area contributed by atoms with Gasteiger partial charge in [-0.3, -0.25) is 9.59 Å². The van der Waals surface area contributed by atoms with Gasteiger partial charge in [0.2, 0.25) is 5.91 Å². The largest absolute Gasteiger partial charge is 0.368 e. The molecule has 1 saturated heterocycles. The topological polar surface area (TPSA) is 72.2 Å². The van der Waals surface area contributed by atoms with Gasteiger partial charge in [0.05, 0.1) is 6.04 Å². The zero-order valence-corrected chi connectivity index (χ0v) is 5.59. The third-order valence-corrected chi connectivity index (χ3v) is 1.57. The first kappa shape index (κ1) is 7.21. The highest BCUT2D eigenvalue weighted by Crippen LogP contribution is 2.01. The van der Waals surface area contributed by atoms with Crippen molar-refractivity contribution in [3.8, 4) is 0 Å². The maximum Gasteiger partial charge on any atom is 0.235 e. The van der Waals surface area contributed by atoms with Crippen LogP contribution in [-0.2, 0) is 9.59 Å². The number of piperidine rings is 1. The zero-order chi connectivity index (χ0) is 7.56. The first-order valence-corrected chi connectivity index (χ1v) is 3.24. The molecule has 3 N–H and O–H groups in total. The second-order valence-corrected chi connectivity index (χ2v) is 2.40. The molecule has 0 aromatic heterocycles. The number of primary amides is 1. The Morgan fingerprint density at radius 3 is 2.80 bits per heavy atom. The molecule has 1 aliphatic heterocycles. The summed E-state index contributed by atoms with van der Waals surface area (Å²) in [5.41, 5.74) is 4.98. The lowest BCUT2D eigenvalue weighted by atomic mass is 10.0. The number of carbonyl (C=O) groups is 2. The third kappa shape index (κ3) is 1.54. The zero-order valence-electron chi connectivity index (χ0n) is 5.59. The van der Waals surface area contributed by atoms with Crippen molar-refractivity contribution in [3.05, 3.63) is 0 Å². The van der Waals surface area contributed by atoms with Gasteiger partial charge in [0.1, 0.15) is 5.78 Å². The number of nitrogens with one attached hydrogen (secondary N) is 1. The van der Waals surface area contributed by atoms with Crippen LogP contribution >= 0.6 is 0 Å². The lowest BCUT2D eigenvalue weighted by molar-refractivity contribution is -0.127. The Balaban J connectivity index is 2.47. The van der Waals surface area contributed by atoms with Crippen LogP contribution in [-0.4, -0.2) is 24.3 Å². The van der Waals surface area contributed by atoms with E-state index in [0.29, 0.717) is 13.0 Å². The molecular formula is C6H10N2O2. The molecule has 1 atom stereocenters. The monoisotopic (exact) mass is 142 g/mol. The number of amides is 1. The lowest BCUT2D eigenvalue weighted by Crippen LogP contribution is -2.46. The number of ketones is 1. The van der Waals surface area contributed by atoms with Crippen molar-refractivity contribution in [2.24, 2.45) is 5.73 Å². The highest BCUT2D eigenvalue weighted by Gasteiger charge is 2.22. The van der Waals surface area contributed by atoms with Crippen LogP contribution < -0.4 is 11.1 Å².